The maximum absolute atomic E-state index is 12.5. The molecule has 1 aliphatic rings. The number of aromatic amines is 1. The zero-order chi connectivity index (χ0) is 15.8. The lowest BCUT2D eigenvalue weighted by Crippen LogP contribution is -2.23. The van der Waals surface area contributed by atoms with E-state index in [-0.39, 0.29) is 5.91 Å². The Bertz CT molecular complexity index is 903. The highest BCUT2D eigenvalue weighted by Crippen LogP contribution is 2.22. The summed E-state index contributed by atoms with van der Waals surface area (Å²) in [4.78, 5) is 12.5. The second-order valence-electron chi connectivity index (χ2n) is 5.67. The largest absolute Gasteiger partial charge is 0.348 e. The quantitative estimate of drug-likeness (QED) is 0.693. The summed E-state index contributed by atoms with van der Waals surface area (Å²) in [6.45, 7) is 2.29. The lowest BCUT2D eigenvalue weighted by molar-refractivity contribution is 0.0952. The van der Waals surface area contributed by atoms with Gasteiger partial charge >= 0.3 is 0 Å². The Kier molecular flexibility index (Phi) is 3.52. The van der Waals surface area contributed by atoms with Crippen molar-refractivity contribution in [3.8, 4) is 0 Å². The minimum atomic E-state index is -0.155. The number of nitrogens with one attached hydrogen (secondary N) is 3. The Balaban J connectivity index is 1.54. The molecule has 0 saturated carbocycles. The molecule has 1 amide bonds. The van der Waals surface area contributed by atoms with Crippen LogP contribution >= 0.6 is 11.6 Å². The molecule has 0 aliphatic carbocycles. The highest BCUT2D eigenvalue weighted by atomic mass is 35.5. The normalized spacial score (nSPS) is 13.3. The summed E-state index contributed by atoms with van der Waals surface area (Å²) in [6, 6.07) is 9.73. The minimum Gasteiger partial charge on any atom is -0.348 e. The molecule has 0 fully saturated rings. The van der Waals surface area contributed by atoms with Crippen LogP contribution in [0.2, 0.25) is 5.02 Å². The van der Waals surface area contributed by atoms with Crippen molar-refractivity contribution >= 4 is 28.4 Å². The van der Waals surface area contributed by atoms with Crippen LogP contribution in [0, 0.1) is 0 Å². The van der Waals surface area contributed by atoms with Crippen LogP contribution in [0.4, 0.5) is 0 Å². The summed E-state index contributed by atoms with van der Waals surface area (Å²) >= 11 is 6.07. The number of H-pyrrole nitrogens is 1. The van der Waals surface area contributed by atoms with E-state index in [1.165, 1.54) is 11.1 Å². The molecular weight excluding hydrogens is 312 g/mol. The van der Waals surface area contributed by atoms with Crippen molar-refractivity contribution in [2.24, 2.45) is 0 Å². The predicted octanol–water partition coefficient (Wildman–Crippen LogP) is 2.75. The second-order valence-corrected chi connectivity index (χ2v) is 6.11. The van der Waals surface area contributed by atoms with Crippen LogP contribution in [0.5, 0.6) is 0 Å². The standard InChI is InChI=1S/C17H15ClN4O/c18-13-4-14(15-9-21-22-16(15)5-13)17(23)20-6-10-1-2-11-7-19-8-12(11)3-10/h1-5,9,19H,6-8H2,(H,20,23)(H,21,22). The molecule has 0 bridgehead atoms. The molecule has 23 heavy (non-hydrogen) atoms. The fraction of sp³-hybridized carbons (Fsp3) is 0.176. The number of hydrogen-bond donors (Lipinski definition) is 3. The molecule has 116 valence electrons. The SMILES string of the molecule is O=C(NCc1ccc2c(c1)CNC2)c1cc(Cl)cc2[nH]ncc12. The number of carbonyl (C=O) groups is 1. The third-order valence-corrected chi connectivity index (χ3v) is 4.34. The smallest absolute Gasteiger partial charge is 0.252 e. The lowest BCUT2D eigenvalue weighted by Gasteiger charge is -2.08. The number of benzene rings is 2. The molecule has 1 aromatic heterocycles. The average molecular weight is 327 g/mol. The first-order chi connectivity index (χ1) is 11.2. The third kappa shape index (κ3) is 2.69. The maximum Gasteiger partial charge on any atom is 0.252 e. The summed E-state index contributed by atoms with van der Waals surface area (Å²) in [5, 5.41) is 14.4. The van der Waals surface area contributed by atoms with Crippen molar-refractivity contribution in [3.05, 3.63) is 63.8 Å². The van der Waals surface area contributed by atoms with Gasteiger partial charge in [-0.3, -0.25) is 9.89 Å². The molecule has 0 spiro atoms. The molecular formula is C17H15ClN4O. The van der Waals surface area contributed by atoms with Crippen molar-refractivity contribution in [1.29, 1.82) is 0 Å². The van der Waals surface area contributed by atoms with Gasteiger partial charge in [0.25, 0.3) is 5.91 Å². The van der Waals surface area contributed by atoms with E-state index in [2.05, 4.69) is 39.0 Å². The molecule has 0 atom stereocenters. The highest BCUT2D eigenvalue weighted by molar-refractivity contribution is 6.32. The first-order valence-corrected chi connectivity index (χ1v) is 7.81. The Morgan fingerprint density at radius 1 is 1.22 bits per heavy atom. The molecule has 0 radical (unpaired) electrons. The highest BCUT2D eigenvalue weighted by Gasteiger charge is 2.14. The monoisotopic (exact) mass is 326 g/mol. The summed E-state index contributed by atoms with van der Waals surface area (Å²) in [5.41, 5.74) is 5.01. The van der Waals surface area contributed by atoms with Crippen LogP contribution in [0.3, 0.4) is 0 Å². The van der Waals surface area contributed by atoms with Crippen LogP contribution < -0.4 is 10.6 Å². The van der Waals surface area contributed by atoms with E-state index >= 15 is 0 Å². The molecule has 2 aromatic carbocycles. The maximum atomic E-state index is 12.5. The summed E-state index contributed by atoms with van der Waals surface area (Å²) in [6.07, 6.45) is 1.64. The Morgan fingerprint density at radius 2 is 2.09 bits per heavy atom. The van der Waals surface area contributed by atoms with E-state index in [0.717, 1.165) is 29.6 Å². The van der Waals surface area contributed by atoms with E-state index in [4.69, 9.17) is 11.6 Å². The number of rotatable bonds is 3. The fourth-order valence-electron chi connectivity index (χ4n) is 2.94. The van der Waals surface area contributed by atoms with E-state index in [1.807, 2.05) is 0 Å². The molecule has 5 nitrogen and oxygen atoms in total. The lowest BCUT2D eigenvalue weighted by atomic mass is 10.1. The average Bonchev–Trinajstić information content (AvgIpc) is 3.19. The first kappa shape index (κ1) is 14.2. The number of amides is 1. The second kappa shape index (κ2) is 5.68. The molecule has 4 rings (SSSR count). The summed E-state index contributed by atoms with van der Waals surface area (Å²) in [7, 11) is 0. The van der Waals surface area contributed by atoms with Crippen LogP contribution in [0.15, 0.2) is 36.5 Å². The van der Waals surface area contributed by atoms with E-state index in [9.17, 15) is 4.79 Å². The number of carbonyl (C=O) groups excluding carboxylic acids is 1. The Morgan fingerprint density at radius 3 is 3.00 bits per heavy atom. The molecule has 0 saturated heterocycles. The van der Waals surface area contributed by atoms with Crippen LogP contribution in [-0.2, 0) is 19.6 Å². The minimum absolute atomic E-state index is 0.155. The van der Waals surface area contributed by atoms with Crippen LogP contribution in [0.25, 0.3) is 10.9 Å². The molecule has 3 aromatic rings. The van der Waals surface area contributed by atoms with Gasteiger partial charge in [0, 0.05) is 30.0 Å². The summed E-state index contributed by atoms with van der Waals surface area (Å²) in [5.74, 6) is -0.155. The first-order valence-electron chi connectivity index (χ1n) is 7.43. The van der Waals surface area contributed by atoms with Crippen molar-refractivity contribution < 1.29 is 4.79 Å². The van der Waals surface area contributed by atoms with Gasteiger partial charge in [0.15, 0.2) is 0 Å². The van der Waals surface area contributed by atoms with Gasteiger partial charge in [0.05, 0.1) is 17.3 Å². The van der Waals surface area contributed by atoms with Crippen molar-refractivity contribution in [3.63, 3.8) is 0 Å². The topological polar surface area (TPSA) is 69.8 Å². The van der Waals surface area contributed by atoms with Crippen molar-refractivity contribution in [2.45, 2.75) is 19.6 Å². The number of aromatic nitrogens is 2. The van der Waals surface area contributed by atoms with E-state index in [1.54, 1.807) is 18.3 Å². The molecule has 3 N–H and O–H groups in total. The van der Waals surface area contributed by atoms with Crippen molar-refractivity contribution in [2.75, 3.05) is 0 Å². The van der Waals surface area contributed by atoms with Crippen molar-refractivity contribution in [1.82, 2.24) is 20.8 Å². The van der Waals surface area contributed by atoms with Gasteiger partial charge < -0.3 is 10.6 Å². The predicted molar refractivity (Wildman–Crippen MR) is 89.3 cm³/mol. The number of fused-ring (bicyclic) bond motifs is 2. The molecule has 0 unspecified atom stereocenters. The number of nitrogens with zero attached hydrogens (tertiary/aromatic N) is 1. The fourth-order valence-corrected chi connectivity index (χ4v) is 3.16. The zero-order valence-electron chi connectivity index (χ0n) is 12.3. The molecule has 2 heterocycles. The van der Waals surface area contributed by atoms with Gasteiger partial charge in [-0.05, 0) is 28.8 Å². The molecule has 1 aliphatic heterocycles. The van der Waals surface area contributed by atoms with Crippen LogP contribution in [0.1, 0.15) is 27.0 Å². The van der Waals surface area contributed by atoms with Gasteiger partial charge in [-0.2, -0.15) is 5.10 Å². The number of halogens is 1. The molecule has 6 heteroatoms. The van der Waals surface area contributed by atoms with Gasteiger partial charge in [-0.15, -0.1) is 0 Å². The van der Waals surface area contributed by atoms with Crippen LogP contribution in [-0.4, -0.2) is 16.1 Å². The van der Waals surface area contributed by atoms with Gasteiger partial charge in [0.2, 0.25) is 0 Å². The van der Waals surface area contributed by atoms with Gasteiger partial charge in [-0.1, -0.05) is 29.8 Å². The Labute approximate surface area is 138 Å². The third-order valence-electron chi connectivity index (χ3n) is 4.12. The Hall–Kier alpha value is -2.37. The van der Waals surface area contributed by atoms with E-state index < -0.39 is 0 Å². The zero-order valence-corrected chi connectivity index (χ0v) is 13.1. The number of hydrogen-bond acceptors (Lipinski definition) is 3. The van der Waals surface area contributed by atoms with Gasteiger partial charge in [0.1, 0.15) is 0 Å². The summed E-state index contributed by atoms with van der Waals surface area (Å²) < 4.78 is 0. The van der Waals surface area contributed by atoms with E-state index in [0.29, 0.717) is 17.1 Å². The van der Waals surface area contributed by atoms with Gasteiger partial charge in [-0.25, -0.2) is 0 Å².